The predicted molar refractivity (Wildman–Crippen MR) is 76.7 cm³/mol. The molecule has 0 amide bonds. The zero-order valence-corrected chi connectivity index (χ0v) is 11.2. The molecule has 1 heterocycles. The standard InChI is InChI=1S/C15H18FN3/c1-9(10-5-6-10)19(2)15-12(16)8-13(17)11-4-3-7-18-14(11)15/h3-4,7-10H,5-6,17H2,1-2H3. The van der Waals surface area contributed by atoms with Gasteiger partial charge < -0.3 is 10.6 Å². The van der Waals surface area contributed by atoms with Gasteiger partial charge in [0.15, 0.2) is 5.82 Å². The lowest BCUT2D eigenvalue weighted by atomic mass is 10.1. The van der Waals surface area contributed by atoms with Gasteiger partial charge in [-0.15, -0.1) is 0 Å². The molecule has 1 aromatic heterocycles. The summed E-state index contributed by atoms with van der Waals surface area (Å²) in [6.45, 7) is 2.14. The molecule has 3 nitrogen and oxygen atoms in total. The minimum Gasteiger partial charge on any atom is -0.398 e. The first-order chi connectivity index (χ1) is 9.09. The Morgan fingerprint density at radius 1 is 1.47 bits per heavy atom. The highest BCUT2D eigenvalue weighted by Gasteiger charge is 2.32. The van der Waals surface area contributed by atoms with Crippen LogP contribution in [0.3, 0.4) is 0 Å². The van der Waals surface area contributed by atoms with Crippen molar-refractivity contribution >= 4 is 22.3 Å². The smallest absolute Gasteiger partial charge is 0.150 e. The van der Waals surface area contributed by atoms with E-state index in [-0.39, 0.29) is 5.82 Å². The van der Waals surface area contributed by atoms with Gasteiger partial charge in [-0.25, -0.2) is 4.39 Å². The van der Waals surface area contributed by atoms with E-state index in [0.29, 0.717) is 28.9 Å². The lowest BCUT2D eigenvalue weighted by Crippen LogP contribution is -2.31. The fourth-order valence-electron chi connectivity index (χ4n) is 2.66. The highest BCUT2D eigenvalue weighted by atomic mass is 19.1. The van der Waals surface area contributed by atoms with Gasteiger partial charge in [0.2, 0.25) is 0 Å². The number of hydrogen-bond donors (Lipinski definition) is 1. The molecule has 0 bridgehead atoms. The van der Waals surface area contributed by atoms with Gasteiger partial charge in [0, 0.05) is 30.4 Å². The van der Waals surface area contributed by atoms with E-state index in [0.717, 1.165) is 5.39 Å². The van der Waals surface area contributed by atoms with E-state index in [9.17, 15) is 4.39 Å². The van der Waals surface area contributed by atoms with Gasteiger partial charge in [-0.3, -0.25) is 4.98 Å². The van der Waals surface area contributed by atoms with Gasteiger partial charge in [0.1, 0.15) is 0 Å². The van der Waals surface area contributed by atoms with Crippen LogP contribution in [0.4, 0.5) is 15.8 Å². The number of rotatable bonds is 3. The van der Waals surface area contributed by atoms with E-state index >= 15 is 0 Å². The summed E-state index contributed by atoms with van der Waals surface area (Å²) in [5, 5.41) is 0.814. The first-order valence-electron chi connectivity index (χ1n) is 6.65. The highest BCUT2D eigenvalue weighted by Crippen LogP contribution is 2.39. The van der Waals surface area contributed by atoms with Crippen molar-refractivity contribution in [1.29, 1.82) is 0 Å². The topological polar surface area (TPSA) is 42.1 Å². The molecular formula is C15H18FN3. The molecule has 0 aliphatic heterocycles. The summed E-state index contributed by atoms with van der Waals surface area (Å²) < 4.78 is 14.3. The van der Waals surface area contributed by atoms with Crippen molar-refractivity contribution in [2.75, 3.05) is 17.7 Å². The number of nitrogen functional groups attached to an aromatic ring is 1. The first-order valence-corrected chi connectivity index (χ1v) is 6.65. The monoisotopic (exact) mass is 259 g/mol. The van der Waals surface area contributed by atoms with E-state index in [1.165, 1.54) is 18.9 Å². The Hall–Kier alpha value is -1.84. The van der Waals surface area contributed by atoms with Crippen LogP contribution in [-0.2, 0) is 0 Å². The summed E-state index contributed by atoms with van der Waals surface area (Å²) in [5.41, 5.74) is 7.52. The van der Waals surface area contributed by atoms with Gasteiger partial charge in [-0.2, -0.15) is 0 Å². The van der Waals surface area contributed by atoms with Crippen molar-refractivity contribution in [3.8, 4) is 0 Å². The number of benzene rings is 1. The second-order valence-electron chi connectivity index (χ2n) is 5.38. The third-order valence-electron chi connectivity index (χ3n) is 4.12. The van der Waals surface area contributed by atoms with E-state index in [1.54, 1.807) is 6.20 Å². The quantitative estimate of drug-likeness (QED) is 0.861. The summed E-state index contributed by atoms with van der Waals surface area (Å²) in [7, 11) is 1.94. The summed E-state index contributed by atoms with van der Waals surface area (Å²) in [4.78, 5) is 6.33. The van der Waals surface area contributed by atoms with Gasteiger partial charge in [0.25, 0.3) is 0 Å². The Labute approximate surface area is 112 Å². The van der Waals surface area contributed by atoms with Crippen LogP contribution in [0.2, 0.25) is 0 Å². The molecule has 1 fully saturated rings. The molecule has 4 heteroatoms. The molecular weight excluding hydrogens is 241 g/mol. The molecule has 1 unspecified atom stereocenters. The molecule has 1 saturated carbocycles. The molecule has 1 aromatic carbocycles. The minimum atomic E-state index is -0.293. The first kappa shape index (κ1) is 12.2. The Morgan fingerprint density at radius 2 is 2.21 bits per heavy atom. The lowest BCUT2D eigenvalue weighted by molar-refractivity contribution is 0.579. The number of fused-ring (bicyclic) bond motifs is 1. The van der Waals surface area contributed by atoms with Crippen LogP contribution in [0.5, 0.6) is 0 Å². The predicted octanol–water partition coefficient (Wildman–Crippen LogP) is 3.19. The average molecular weight is 259 g/mol. The third kappa shape index (κ3) is 2.01. The van der Waals surface area contributed by atoms with Crippen LogP contribution >= 0.6 is 0 Å². The number of aromatic nitrogens is 1. The number of pyridine rings is 1. The van der Waals surface area contributed by atoms with E-state index in [2.05, 4.69) is 11.9 Å². The van der Waals surface area contributed by atoms with Gasteiger partial charge >= 0.3 is 0 Å². The number of hydrogen-bond acceptors (Lipinski definition) is 3. The summed E-state index contributed by atoms with van der Waals surface area (Å²) in [5.74, 6) is 0.374. The highest BCUT2D eigenvalue weighted by molar-refractivity contribution is 5.98. The average Bonchev–Trinajstić information content (AvgIpc) is 3.22. The molecule has 0 spiro atoms. The van der Waals surface area contributed by atoms with Crippen molar-refractivity contribution in [1.82, 2.24) is 4.98 Å². The molecule has 1 aliphatic carbocycles. The normalized spacial score (nSPS) is 16.6. The minimum absolute atomic E-state index is 0.293. The molecule has 3 rings (SSSR count). The maximum Gasteiger partial charge on any atom is 0.150 e. The Kier molecular flexibility index (Phi) is 2.81. The fourth-order valence-corrected chi connectivity index (χ4v) is 2.66. The van der Waals surface area contributed by atoms with Gasteiger partial charge in [-0.1, -0.05) is 0 Å². The fraction of sp³-hybridized carbons (Fsp3) is 0.400. The van der Waals surface area contributed by atoms with Crippen molar-refractivity contribution in [2.45, 2.75) is 25.8 Å². The number of anilines is 2. The molecule has 2 N–H and O–H groups in total. The summed E-state index contributed by atoms with van der Waals surface area (Å²) in [6, 6.07) is 5.43. The zero-order chi connectivity index (χ0) is 13.6. The zero-order valence-electron chi connectivity index (χ0n) is 11.2. The molecule has 1 aliphatic rings. The summed E-state index contributed by atoms with van der Waals surface area (Å²) in [6.07, 6.45) is 4.14. The number of nitrogens with two attached hydrogens (primary N) is 1. The van der Waals surface area contributed by atoms with Crippen LogP contribution in [0.25, 0.3) is 10.9 Å². The third-order valence-corrected chi connectivity index (χ3v) is 4.12. The molecule has 100 valence electrons. The Bertz CT molecular complexity index is 622. The largest absolute Gasteiger partial charge is 0.398 e. The van der Waals surface area contributed by atoms with Crippen molar-refractivity contribution < 1.29 is 4.39 Å². The van der Waals surface area contributed by atoms with Gasteiger partial charge in [-0.05, 0) is 43.9 Å². The maximum atomic E-state index is 14.3. The lowest BCUT2D eigenvalue weighted by Gasteiger charge is -2.28. The number of nitrogens with zero attached hydrogens (tertiary/aromatic N) is 2. The van der Waals surface area contributed by atoms with Crippen molar-refractivity contribution in [3.05, 3.63) is 30.2 Å². The van der Waals surface area contributed by atoms with Crippen molar-refractivity contribution in [2.24, 2.45) is 5.92 Å². The molecule has 0 radical (unpaired) electrons. The molecule has 2 aromatic rings. The van der Waals surface area contributed by atoms with E-state index < -0.39 is 0 Å². The molecule has 1 atom stereocenters. The molecule has 0 saturated heterocycles. The maximum absolute atomic E-state index is 14.3. The van der Waals surface area contributed by atoms with Gasteiger partial charge in [0.05, 0.1) is 11.2 Å². The number of halogens is 1. The van der Waals surface area contributed by atoms with Crippen LogP contribution in [-0.4, -0.2) is 18.1 Å². The van der Waals surface area contributed by atoms with Crippen LogP contribution in [0.1, 0.15) is 19.8 Å². The van der Waals surface area contributed by atoms with E-state index in [1.807, 2.05) is 24.1 Å². The SMILES string of the molecule is CC(C1CC1)N(C)c1c(F)cc(N)c2cccnc12. The van der Waals surface area contributed by atoms with E-state index in [4.69, 9.17) is 5.73 Å². The second-order valence-corrected chi connectivity index (χ2v) is 5.38. The van der Waals surface area contributed by atoms with Crippen LogP contribution in [0.15, 0.2) is 24.4 Å². The Morgan fingerprint density at radius 3 is 2.89 bits per heavy atom. The molecule has 19 heavy (non-hydrogen) atoms. The van der Waals surface area contributed by atoms with Crippen LogP contribution < -0.4 is 10.6 Å². The van der Waals surface area contributed by atoms with Crippen LogP contribution in [0, 0.1) is 11.7 Å². The summed E-state index contributed by atoms with van der Waals surface area (Å²) >= 11 is 0. The Balaban J connectivity index is 2.16. The van der Waals surface area contributed by atoms with Crippen molar-refractivity contribution in [3.63, 3.8) is 0 Å². The second kappa shape index (κ2) is 4.37.